The van der Waals surface area contributed by atoms with Gasteiger partial charge in [0.25, 0.3) is 0 Å². The Morgan fingerprint density at radius 2 is 0.913 bits per heavy atom. The van der Waals surface area contributed by atoms with Crippen LogP contribution in [0.5, 0.6) is 0 Å². The molecule has 0 aliphatic heterocycles. The molecule has 0 rings (SSSR count). The molecule has 132 valence electrons. The van der Waals surface area contributed by atoms with Crippen LogP contribution in [0.4, 0.5) is 0 Å². The molecule has 0 saturated carbocycles. The summed E-state index contributed by atoms with van der Waals surface area (Å²) in [4.78, 5) is 37.7. The van der Waals surface area contributed by atoms with Crippen LogP contribution in [0.1, 0.15) is 13.8 Å². The first-order chi connectivity index (χ1) is 10.5. The second-order valence-electron chi connectivity index (χ2n) is 4.60. The predicted octanol–water partition coefficient (Wildman–Crippen LogP) is -0.510. The zero-order chi connectivity index (χ0) is 18.3. The Kier molecular flexibility index (Phi) is 7.30. The van der Waals surface area contributed by atoms with Crippen LogP contribution in [0.2, 0.25) is 0 Å². The average molecular weight is 342 g/mol. The molecule has 0 aromatic heterocycles. The zero-order valence-corrected chi connectivity index (χ0v) is 12.1. The average Bonchev–Trinajstić information content (AvgIpc) is 2.44. The third kappa shape index (κ3) is 5.31. The highest BCUT2D eigenvalue weighted by atomic mass is 16.7. The van der Waals surface area contributed by atoms with E-state index in [1.807, 2.05) is 0 Å². The van der Waals surface area contributed by atoms with E-state index in [-0.39, 0.29) is 0 Å². The molecular formula is C8H14N4O11. The van der Waals surface area contributed by atoms with Crippen molar-refractivity contribution in [2.45, 2.75) is 25.2 Å². The number of nitro groups is 4. The van der Waals surface area contributed by atoms with Gasteiger partial charge in [-0.2, -0.15) is 0 Å². The summed E-state index contributed by atoms with van der Waals surface area (Å²) >= 11 is 0. The Balaban J connectivity index is 4.12. The van der Waals surface area contributed by atoms with Crippen LogP contribution >= 0.6 is 0 Å². The Morgan fingerprint density at radius 1 is 0.652 bits per heavy atom. The van der Waals surface area contributed by atoms with Crippen LogP contribution in [-0.2, 0) is 14.2 Å². The number of hydrogen-bond acceptors (Lipinski definition) is 11. The second kappa shape index (κ2) is 8.20. The van der Waals surface area contributed by atoms with Crippen molar-refractivity contribution in [1.82, 2.24) is 0 Å². The lowest BCUT2D eigenvalue weighted by Crippen LogP contribution is -2.48. The minimum atomic E-state index is -2.56. The lowest BCUT2D eigenvalue weighted by Gasteiger charge is -2.14. The van der Waals surface area contributed by atoms with Crippen molar-refractivity contribution in [2.75, 3.05) is 26.8 Å². The number of nitrogens with zero attached hydrogens (tertiary/aromatic N) is 4. The molecule has 0 aliphatic rings. The van der Waals surface area contributed by atoms with E-state index >= 15 is 0 Å². The fourth-order valence-electron chi connectivity index (χ4n) is 0.966. The van der Waals surface area contributed by atoms with Crippen molar-refractivity contribution in [3.8, 4) is 0 Å². The van der Waals surface area contributed by atoms with E-state index in [4.69, 9.17) is 0 Å². The van der Waals surface area contributed by atoms with Gasteiger partial charge in [0, 0.05) is 0 Å². The molecule has 0 saturated heterocycles. The monoisotopic (exact) mass is 342 g/mol. The SMILES string of the molecule is CC(COCOCOCC(C)([N+](=O)[O-])[N+](=O)[O-])([N+](=O)[O-])[N+](=O)[O-]. The maximum Gasteiger partial charge on any atom is 0.478 e. The van der Waals surface area contributed by atoms with Crippen molar-refractivity contribution < 1.29 is 33.9 Å². The minimum Gasteiger partial charge on any atom is -0.340 e. The molecule has 0 aromatic carbocycles. The minimum absolute atomic E-state index is 0.648. The van der Waals surface area contributed by atoms with Gasteiger partial charge in [0.15, 0.2) is 13.2 Å². The molecule has 0 bridgehead atoms. The van der Waals surface area contributed by atoms with Gasteiger partial charge >= 0.3 is 11.3 Å². The summed E-state index contributed by atoms with van der Waals surface area (Å²) in [5, 5.41) is 42.2. The van der Waals surface area contributed by atoms with Crippen molar-refractivity contribution in [1.29, 1.82) is 0 Å². The lowest BCUT2D eigenvalue weighted by molar-refractivity contribution is -0.794. The van der Waals surface area contributed by atoms with E-state index in [9.17, 15) is 40.5 Å². The molecule has 0 fully saturated rings. The van der Waals surface area contributed by atoms with Gasteiger partial charge in [-0.3, -0.25) is 40.5 Å². The Morgan fingerprint density at radius 3 is 1.13 bits per heavy atom. The van der Waals surface area contributed by atoms with Crippen LogP contribution in [0.25, 0.3) is 0 Å². The highest BCUT2D eigenvalue weighted by Gasteiger charge is 2.51. The maximum atomic E-state index is 10.6. The molecule has 0 spiro atoms. The van der Waals surface area contributed by atoms with Gasteiger partial charge in [0.2, 0.25) is 0 Å². The standard InChI is InChI=1S/C8H14N4O11/c1-7(9(13)14,10(15)16)3-21-5-23-6-22-4-8(2,11(17)18)12(19)20/h3-6H2,1-2H3. The summed E-state index contributed by atoms with van der Waals surface area (Å²) in [6, 6.07) is 0. The third-order valence-electron chi connectivity index (χ3n) is 2.66. The van der Waals surface area contributed by atoms with E-state index in [0.29, 0.717) is 0 Å². The highest BCUT2D eigenvalue weighted by Crippen LogP contribution is 2.11. The second-order valence-corrected chi connectivity index (χ2v) is 4.60. The number of hydrogen-bond donors (Lipinski definition) is 0. The quantitative estimate of drug-likeness (QED) is 0.191. The van der Waals surface area contributed by atoms with Crippen molar-refractivity contribution >= 4 is 0 Å². The largest absolute Gasteiger partial charge is 0.478 e. The normalized spacial score (nSPS) is 11.9. The summed E-state index contributed by atoms with van der Waals surface area (Å²) in [5.41, 5.74) is -5.11. The zero-order valence-electron chi connectivity index (χ0n) is 12.1. The van der Waals surface area contributed by atoms with Crippen LogP contribution in [0.3, 0.4) is 0 Å². The Hall–Kier alpha value is -2.52. The van der Waals surface area contributed by atoms with Crippen molar-refractivity contribution in [3.05, 3.63) is 40.5 Å². The van der Waals surface area contributed by atoms with E-state index in [1.165, 1.54) is 0 Å². The number of rotatable bonds is 12. The molecule has 15 heteroatoms. The number of ether oxygens (including phenoxy) is 3. The highest BCUT2D eigenvalue weighted by molar-refractivity contribution is 4.58. The molecule has 0 heterocycles. The van der Waals surface area contributed by atoms with Gasteiger partial charge in [-0.15, -0.1) is 0 Å². The fraction of sp³-hybridized carbons (Fsp3) is 1.00. The first-order valence-electron chi connectivity index (χ1n) is 5.79. The smallest absolute Gasteiger partial charge is 0.340 e. The molecule has 15 nitrogen and oxygen atoms in total. The molecule has 0 N–H and O–H groups in total. The van der Waals surface area contributed by atoms with E-state index in [2.05, 4.69) is 14.2 Å². The van der Waals surface area contributed by atoms with Gasteiger partial charge < -0.3 is 14.2 Å². The summed E-state index contributed by atoms with van der Waals surface area (Å²) in [5.74, 6) is 0. The first-order valence-corrected chi connectivity index (χ1v) is 5.79. The van der Waals surface area contributed by atoms with Crippen LogP contribution in [0.15, 0.2) is 0 Å². The van der Waals surface area contributed by atoms with Crippen LogP contribution in [-0.4, -0.2) is 57.8 Å². The lowest BCUT2D eigenvalue weighted by atomic mass is 10.2. The van der Waals surface area contributed by atoms with Gasteiger partial charge in [0.1, 0.15) is 33.3 Å². The molecule has 0 amide bonds. The van der Waals surface area contributed by atoms with Crippen molar-refractivity contribution in [2.24, 2.45) is 0 Å². The van der Waals surface area contributed by atoms with E-state index in [1.54, 1.807) is 0 Å². The molecular weight excluding hydrogens is 328 g/mol. The topological polar surface area (TPSA) is 200 Å². The Labute approximate surface area is 127 Å². The summed E-state index contributed by atoms with van der Waals surface area (Å²) in [6.45, 7) is -1.61. The van der Waals surface area contributed by atoms with E-state index < -0.39 is 57.8 Å². The molecule has 0 aliphatic carbocycles. The van der Waals surface area contributed by atoms with Gasteiger partial charge in [-0.05, 0) is 0 Å². The van der Waals surface area contributed by atoms with Gasteiger partial charge in [-0.25, -0.2) is 0 Å². The molecule has 23 heavy (non-hydrogen) atoms. The summed E-state index contributed by atoms with van der Waals surface area (Å²) < 4.78 is 13.8. The Bertz CT molecular complexity index is 411. The predicted molar refractivity (Wildman–Crippen MR) is 67.5 cm³/mol. The van der Waals surface area contributed by atoms with Crippen LogP contribution < -0.4 is 0 Å². The van der Waals surface area contributed by atoms with E-state index in [0.717, 1.165) is 13.8 Å². The van der Waals surface area contributed by atoms with Gasteiger partial charge in [0.05, 0.1) is 13.8 Å². The first kappa shape index (κ1) is 20.5. The molecule has 0 radical (unpaired) electrons. The fourth-order valence-corrected chi connectivity index (χ4v) is 0.966. The van der Waals surface area contributed by atoms with Gasteiger partial charge in [-0.1, -0.05) is 0 Å². The molecule has 0 aromatic rings. The van der Waals surface area contributed by atoms with Crippen LogP contribution in [0, 0.1) is 40.5 Å². The maximum absolute atomic E-state index is 10.6. The third-order valence-corrected chi connectivity index (χ3v) is 2.66. The summed E-state index contributed by atoms with van der Waals surface area (Å²) in [6.07, 6.45) is 0. The van der Waals surface area contributed by atoms with Crippen molar-refractivity contribution in [3.63, 3.8) is 0 Å². The molecule has 0 atom stereocenters. The molecule has 0 unspecified atom stereocenters. The summed E-state index contributed by atoms with van der Waals surface area (Å²) in [7, 11) is 0.